The maximum absolute atomic E-state index is 11.7. The first kappa shape index (κ1) is 21.5. The van der Waals surface area contributed by atoms with Crippen LogP contribution < -0.4 is 0 Å². The van der Waals surface area contributed by atoms with E-state index in [1.807, 2.05) is 0 Å². The summed E-state index contributed by atoms with van der Waals surface area (Å²) in [4.78, 5) is 20.5. The van der Waals surface area contributed by atoms with E-state index >= 15 is 0 Å². The van der Waals surface area contributed by atoms with Gasteiger partial charge in [-0.2, -0.15) is 0 Å². The Morgan fingerprint density at radius 3 is 2.07 bits per heavy atom. The van der Waals surface area contributed by atoms with Gasteiger partial charge in [-0.15, -0.1) is 0 Å². The van der Waals surface area contributed by atoms with Gasteiger partial charge in [0.1, 0.15) is 5.84 Å². The summed E-state index contributed by atoms with van der Waals surface area (Å²) in [5.41, 5.74) is 6.11. The summed E-state index contributed by atoms with van der Waals surface area (Å²) in [6, 6.07) is 4.80. The van der Waals surface area contributed by atoms with Crippen LogP contribution in [-0.2, 0) is 25.8 Å². The maximum atomic E-state index is 11.7. The van der Waals surface area contributed by atoms with Gasteiger partial charge in [-0.3, -0.25) is 0 Å². The molecular weight excluding hydrogens is 360 g/mol. The van der Waals surface area contributed by atoms with Crippen molar-refractivity contribution in [2.24, 2.45) is 9.98 Å². The molecule has 0 bridgehead atoms. The van der Waals surface area contributed by atoms with Crippen molar-refractivity contribution in [2.75, 3.05) is 7.11 Å². The smallest absolute Gasteiger partial charge is 0.334 e. The van der Waals surface area contributed by atoms with Crippen molar-refractivity contribution in [2.45, 2.75) is 83.5 Å². The SMILES string of the molecule is C=NC(=N/C=C(\C)C(=O)OC)C1(c2cc3c(cc2C)C(C)(C)CCC3(C)C)CC1. The Kier molecular flexibility index (Phi) is 5.35. The Bertz CT molecular complexity index is 915. The lowest BCUT2D eigenvalue weighted by Crippen LogP contribution is -2.35. The summed E-state index contributed by atoms with van der Waals surface area (Å²) in [7, 11) is 1.37. The number of amidine groups is 1. The second kappa shape index (κ2) is 7.23. The number of benzene rings is 1. The molecular formula is C25H34N2O2. The zero-order valence-electron chi connectivity index (χ0n) is 19.0. The molecule has 0 amide bonds. The zero-order chi connectivity index (χ0) is 21.6. The second-order valence-corrected chi connectivity index (χ2v) is 9.98. The van der Waals surface area contributed by atoms with Gasteiger partial charge in [-0.25, -0.2) is 14.8 Å². The van der Waals surface area contributed by atoms with Crippen LogP contribution in [0, 0.1) is 6.92 Å². The van der Waals surface area contributed by atoms with Gasteiger partial charge in [0.15, 0.2) is 0 Å². The average molecular weight is 395 g/mol. The predicted octanol–water partition coefficient (Wildman–Crippen LogP) is 5.55. The molecule has 2 aliphatic carbocycles. The molecule has 0 atom stereocenters. The number of aliphatic imine (C=N–C) groups is 2. The molecule has 0 spiro atoms. The molecule has 2 aliphatic rings. The van der Waals surface area contributed by atoms with E-state index in [2.05, 4.69) is 63.5 Å². The molecule has 0 heterocycles. The highest BCUT2D eigenvalue weighted by molar-refractivity contribution is 5.99. The number of nitrogens with zero attached hydrogens (tertiary/aromatic N) is 2. The number of hydrogen-bond acceptors (Lipinski definition) is 3. The van der Waals surface area contributed by atoms with Crippen LogP contribution in [0.1, 0.15) is 82.6 Å². The van der Waals surface area contributed by atoms with Crippen LogP contribution in [0.4, 0.5) is 0 Å². The molecule has 4 nitrogen and oxygen atoms in total. The highest BCUT2D eigenvalue weighted by Crippen LogP contribution is 2.54. The van der Waals surface area contributed by atoms with Gasteiger partial charge in [0.2, 0.25) is 0 Å². The monoisotopic (exact) mass is 394 g/mol. The van der Waals surface area contributed by atoms with E-state index in [4.69, 9.17) is 4.74 Å². The number of fused-ring (bicyclic) bond motifs is 1. The van der Waals surface area contributed by atoms with Crippen LogP contribution in [0.2, 0.25) is 0 Å². The van der Waals surface area contributed by atoms with E-state index < -0.39 is 0 Å². The highest BCUT2D eigenvalue weighted by Gasteiger charge is 2.51. The lowest BCUT2D eigenvalue weighted by molar-refractivity contribution is -0.136. The number of ether oxygens (including phenoxy) is 1. The number of methoxy groups -OCH3 is 1. The number of carbonyl (C=O) groups is 1. The van der Waals surface area contributed by atoms with Crippen molar-refractivity contribution < 1.29 is 9.53 Å². The van der Waals surface area contributed by atoms with Gasteiger partial charge in [-0.05, 0) is 79.3 Å². The number of carbonyl (C=O) groups excluding carboxylic acids is 1. The first-order valence-electron chi connectivity index (χ1n) is 10.4. The Hall–Kier alpha value is -2.23. The minimum Gasteiger partial charge on any atom is -0.466 e. The maximum Gasteiger partial charge on any atom is 0.334 e. The molecule has 1 fully saturated rings. The van der Waals surface area contributed by atoms with E-state index in [0.29, 0.717) is 11.4 Å². The fraction of sp³-hybridized carbons (Fsp3) is 0.560. The van der Waals surface area contributed by atoms with Crippen molar-refractivity contribution >= 4 is 18.5 Å². The van der Waals surface area contributed by atoms with Gasteiger partial charge in [0, 0.05) is 6.20 Å². The molecule has 156 valence electrons. The average Bonchev–Trinajstić information content (AvgIpc) is 3.46. The molecule has 0 aromatic heterocycles. The Balaban J connectivity index is 2.11. The number of rotatable bonds is 4. The molecule has 0 unspecified atom stereocenters. The molecule has 0 N–H and O–H groups in total. The zero-order valence-corrected chi connectivity index (χ0v) is 19.0. The van der Waals surface area contributed by atoms with Crippen molar-refractivity contribution in [3.63, 3.8) is 0 Å². The lowest BCUT2D eigenvalue weighted by atomic mass is 9.62. The van der Waals surface area contributed by atoms with Crippen molar-refractivity contribution in [3.8, 4) is 0 Å². The summed E-state index contributed by atoms with van der Waals surface area (Å²) in [5.74, 6) is 0.313. The van der Waals surface area contributed by atoms with Crippen molar-refractivity contribution in [1.82, 2.24) is 0 Å². The van der Waals surface area contributed by atoms with E-state index in [9.17, 15) is 4.79 Å². The van der Waals surface area contributed by atoms with Gasteiger partial charge in [0.05, 0.1) is 18.1 Å². The van der Waals surface area contributed by atoms with Crippen LogP contribution in [0.3, 0.4) is 0 Å². The molecule has 4 heteroatoms. The first-order chi connectivity index (χ1) is 13.5. The predicted molar refractivity (Wildman–Crippen MR) is 120 cm³/mol. The van der Waals surface area contributed by atoms with Crippen LogP contribution in [0.25, 0.3) is 0 Å². The number of esters is 1. The normalized spacial score (nSPS) is 21.9. The van der Waals surface area contributed by atoms with E-state index in [1.54, 1.807) is 13.1 Å². The van der Waals surface area contributed by atoms with E-state index in [-0.39, 0.29) is 22.2 Å². The quantitative estimate of drug-likeness (QED) is 0.291. The van der Waals surface area contributed by atoms with Crippen LogP contribution >= 0.6 is 0 Å². The van der Waals surface area contributed by atoms with Gasteiger partial charge < -0.3 is 4.74 Å². The lowest BCUT2D eigenvalue weighted by Gasteiger charge is -2.42. The van der Waals surface area contributed by atoms with Crippen molar-refractivity contribution in [3.05, 3.63) is 46.2 Å². The summed E-state index contributed by atoms with van der Waals surface area (Å²) in [5, 5.41) is 0. The van der Waals surface area contributed by atoms with Crippen LogP contribution in [0.5, 0.6) is 0 Å². The molecule has 1 saturated carbocycles. The molecule has 29 heavy (non-hydrogen) atoms. The molecule has 0 aliphatic heterocycles. The van der Waals surface area contributed by atoms with E-state index in [1.165, 1.54) is 42.2 Å². The van der Waals surface area contributed by atoms with Crippen LogP contribution in [-0.4, -0.2) is 25.6 Å². The fourth-order valence-corrected chi connectivity index (χ4v) is 4.66. The third kappa shape index (κ3) is 3.70. The van der Waals surface area contributed by atoms with Gasteiger partial charge in [0.25, 0.3) is 0 Å². The molecule has 0 radical (unpaired) electrons. The topological polar surface area (TPSA) is 51.0 Å². The fourth-order valence-electron chi connectivity index (χ4n) is 4.66. The van der Waals surface area contributed by atoms with E-state index in [0.717, 1.165) is 12.8 Å². The second-order valence-electron chi connectivity index (χ2n) is 9.98. The molecule has 3 rings (SSSR count). The summed E-state index contributed by atoms with van der Waals surface area (Å²) in [6.07, 6.45) is 5.94. The summed E-state index contributed by atoms with van der Waals surface area (Å²) >= 11 is 0. The van der Waals surface area contributed by atoms with Crippen molar-refractivity contribution in [1.29, 1.82) is 0 Å². The standard InChI is InChI=1S/C25H34N2O2/c1-16-13-19-20(24(5,6)10-9-23(19,3)4)14-18(16)25(11-12-25)22(26-7)27-15-17(2)21(28)29-8/h13-15H,7,9-12H2,1-6,8H3/b17-15+,27-22?. The highest BCUT2D eigenvalue weighted by atomic mass is 16.5. The minimum absolute atomic E-state index is 0.156. The minimum atomic E-state index is -0.379. The third-order valence-corrected chi connectivity index (χ3v) is 6.93. The molecule has 1 aromatic rings. The summed E-state index contributed by atoms with van der Waals surface area (Å²) in [6.45, 7) is 17.1. The molecule has 1 aromatic carbocycles. The molecule has 0 saturated heterocycles. The number of hydrogen-bond donors (Lipinski definition) is 0. The number of aryl methyl sites for hydroxylation is 1. The third-order valence-electron chi connectivity index (χ3n) is 6.93. The largest absolute Gasteiger partial charge is 0.466 e. The van der Waals surface area contributed by atoms with Gasteiger partial charge in [-0.1, -0.05) is 39.8 Å². The Morgan fingerprint density at radius 1 is 1.03 bits per heavy atom. The summed E-state index contributed by atoms with van der Waals surface area (Å²) < 4.78 is 4.76. The Labute approximate surface area is 175 Å². The first-order valence-corrected chi connectivity index (χ1v) is 10.4. The van der Waals surface area contributed by atoms with Crippen LogP contribution in [0.15, 0.2) is 33.9 Å². The van der Waals surface area contributed by atoms with Gasteiger partial charge >= 0.3 is 5.97 Å². The Morgan fingerprint density at radius 2 is 1.59 bits per heavy atom.